The van der Waals surface area contributed by atoms with Crippen molar-refractivity contribution < 1.29 is 14.3 Å². The van der Waals surface area contributed by atoms with E-state index in [-0.39, 0.29) is 5.91 Å². The van der Waals surface area contributed by atoms with Crippen LogP contribution in [0.5, 0.6) is 0 Å². The highest BCUT2D eigenvalue weighted by Gasteiger charge is 2.40. The summed E-state index contributed by atoms with van der Waals surface area (Å²) in [6, 6.07) is 9.57. The van der Waals surface area contributed by atoms with Gasteiger partial charge in [0.05, 0.1) is 13.2 Å². The zero-order chi connectivity index (χ0) is 22.6. The minimum atomic E-state index is -0.467. The predicted molar refractivity (Wildman–Crippen MR) is 126 cm³/mol. The molecule has 1 amide bonds. The third kappa shape index (κ3) is 5.36. The van der Waals surface area contributed by atoms with Gasteiger partial charge in [0.2, 0.25) is 0 Å². The highest BCUT2D eigenvalue weighted by atomic mass is 35.5. The van der Waals surface area contributed by atoms with E-state index in [0.29, 0.717) is 47.9 Å². The van der Waals surface area contributed by atoms with E-state index in [9.17, 15) is 4.79 Å². The monoisotopic (exact) mass is 476 g/mol. The molecule has 3 heterocycles. The first-order valence-corrected chi connectivity index (χ1v) is 12.5. The summed E-state index contributed by atoms with van der Waals surface area (Å²) in [4.78, 5) is 25.9. The van der Waals surface area contributed by atoms with E-state index < -0.39 is 5.79 Å². The van der Waals surface area contributed by atoms with Gasteiger partial charge in [0.25, 0.3) is 5.91 Å². The van der Waals surface area contributed by atoms with Gasteiger partial charge in [0, 0.05) is 56.4 Å². The lowest BCUT2D eigenvalue weighted by Gasteiger charge is -2.37. The molecule has 2 aromatic rings. The smallest absolute Gasteiger partial charge is 0.253 e. The van der Waals surface area contributed by atoms with Crippen LogP contribution in [0.4, 0.5) is 5.82 Å². The molecule has 1 aromatic carbocycles. The van der Waals surface area contributed by atoms with Gasteiger partial charge < -0.3 is 19.3 Å². The number of amides is 1. The Morgan fingerprint density at radius 2 is 1.78 bits per heavy atom. The SMILES string of the molecule is CCN(CC)c1cc(Cl)nc(SCc2ccc(C(=O)N3CCC4(CC3)OCCO4)cc2)n1. The van der Waals surface area contributed by atoms with Crippen LogP contribution in [0.3, 0.4) is 0 Å². The first-order chi connectivity index (χ1) is 15.5. The molecule has 0 aliphatic carbocycles. The average molecular weight is 477 g/mol. The van der Waals surface area contributed by atoms with E-state index in [1.165, 1.54) is 11.8 Å². The Hall–Kier alpha value is -1.87. The summed E-state index contributed by atoms with van der Waals surface area (Å²) in [6.07, 6.45) is 1.45. The van der Waals surface area contributed by atoms with Crippen LogP contribution in [0.15, 0.2) is 35.5 Å². The second-order valence-electron chi connectivity index (χ2n) is 7.89. The van der Waals surface area contributed by atoms with Crippen molar-refractivity contribution in [2.75, 3.05) is 44.3 Å². The van der Waals surface area contributed by atoms with E-state index >= 15 is 0 Å². The van der Waals surface area contributed by atoms with Gasteiger partial charge in [-0.25, -0.2) is 9.97 Å². The Balaban J connectivity index is 1.34. The van der Waals surface area contributed by atoms with Gasteiger partial charge in [-0.15, -0.1) is 0 Å². The molecular weight excluding hydrogens is 448 g/mol. The number of hydrogen-bond donors (Lipinski definition) is 0. The van der Waals surface area contributed by atoms with E-state index in [2.05, 4.69) is 28.7 Å². The minimum absolute atomic E-state index is 0.0547. The molecule has 2 aliphatic heterocycles. The zero-order valence-corrected chi connectivity index (χ0v) is 20.1. The summed E-state index contributed by atoms with van der Waals surface area (Å²) in [6.45, 7) is 8.49. The molecule has 0 N–H and O–H groups in total. The normalized spacial score (nSPS) is 17.7. The molecule has 0 atom stereocenters. The van der Waals surface area contributed by atoms with Crippen LogP contribution in [0, 0.1) is 0 Å². The van der Waals surface area contributed by atoms with Crippen LogP contribution in [-0.4, -0.2) is 66.0 Å². The zero-order valence-electron chi connectivity index (χ0n) is 18.6. The second kappa shape index (κ2) is 10.4. The number of carbonyl (C=O) groups is 1. The van der Waals surface area contributed by atoms with Crippen molar-refractivity contribution in [3.63, 3.8) is 0 Å². The van der Waals surface area contributed by atoms with Crippen molar-refractivity contribution in [3.8, 4) is 0 Å². The van der Waals surface area contributed by atoms with Crippen LogP contribution < -0.4 is 4.90 Å². The fourth-order valence-electron chi connectivity index (χ4n) is 4.07. The topological polar surface area (TPSA) is 67.8 Å². The molecule has 1 aromatic heterocycles. The summed E-state index contributed by atoms with van der Waals surface area (Å²) >= 11 is 7.75. The average Bonchev–Trinajstić information content (AvgIpc) is 3.26. The quantitative estimate of drug-likeness (QED) is 0.336. The van der Waals surface area contributed by atoms with Crippen molar-refractivity contribution >= 4 is 35.1 Å². The Bertz CT molecular complexity index is 923. The Labute approximate surface area is 198 Å². The maximum Gasteiger partial charge on any atom is 0.253 e. The molecule has 172 valence electrons. The van der Waals surface area contributed by atoms with Crippen LogP contribution in [0.1, 0.15) is 42.6 Å². The summed E-state index contributed by atoms with van der Waals surface area (Å²) in [5, 5.41) is 1.10. The molecule has 2 aliphatic rings. The van der Waals surface area contributed by atoms with E-state index in [0.717, 1.165) is 37.3 Å². The number of benzene rings is 1. The van der Waals surface area contributed by atoms with Crippen molar-refractivity contribution in [2.24, 2.45) is 0 Å². The van der Waals surface area contributed by atoms with E-state index in [4.69, 9.17) is 21.1 Å². The van der Waals surface area contributed by atoms with Gasteiger partial charge in [-0.1, -0.05) is 35.5 Å². The Morgan fingerprint density at radius 3 is 2.41 bits per heavy atom. The summed E-state index contributed by atoms with van der Waals surface area (Å²) in [5.74, 6) is 1.13. The summed E-state index contributed by atoms with van der Waals surface area (Å²) < 4.78 is 11.5. The van der Waals surface area contributed by atoms with Crippen molar-refractivity contribution in [1.29, 1.82) is 0 Å². The van der Waals surface area contributed by atoms with Gasteiger partial charge in [0.15, 0.2) is 10.9 Å². The molecule has 0 radical (unpaired) electrons. The van der Waals surface area contributed by atoms with Gasteiger partial charge in [-0.3, -0.25) is 4.79 Å². The third-order valence-corrected chi connectivity index (χ3v) is 7.06. The van der Waals surface area contributed by atoms with Crippen molar-refractivity contribution in [2.45, 2.75) is 43.4 Å². The van der Waals surface area contributed by atoms with Gasteiger partial charge in [-0.05, 0) is 31.5 Å². The number of nitrogens with zero attached hydrogens (tertiary/aromatic N) is 4. The molecule has 7 nitrogen and oxygen atoms in total. The lowest BCUT2D eigenvalue weighted by molar-refractivity contribution is -0.181. The molecule has 2 saturated heterocycles. The molecule has 0 unspecified atom stereocenters. The third-order valence-electron chi connectivity index (χ3n) is 5.94. The molecule has 32 heavy (non-hydrogen) atoms. The highest BCUT2D eigenvalue weighted by molar-refractivity contribution is 7.98. The number of anilines is 1. The van der Waals surface area contributed by atoms with Gasteiger partial charge in [-0.2, -0.15) is 0 Å². The molecule has 2 fully saturated rings. The Morgan fingerprint density at radius 1 is 1.12 bits per heavy atom. The maximum absolute atomic E-state index is 12.9. The van der Waals surface area contributed by atoms with Gasteiger partial charge >= 0.3 is 0 Å². The molecule has 0 bridgehead atoms. The van der Waals surface area contributed by atoms with Crippen molar-refractivity contribution in [3.05, 3.63) is 46.6 Å². The molecule has 4 rings (SSSR count). The highest BCUT2D eigenvalue weighted by Crippen LogP contribution is 2.32. The van der Waals surface area contributed by atoms with E-state index in [1.807, 2.05) is 29.2 Å². The van der Waals surface area contributed by atoms with Crippen LogP contribution >= 0.6 is 23.4 Å². The minimum Gasteiger partial charge on any atom is -0.357 e. The Kier molecular flexibility index (Phi) is 7.55. The number of halogens is 1. The molecule has 0 saturated carbocycles. The summed E-state index contributed by atoms with van der Waals surface area (Å²) in [5.41, 5.74) is 1.80. The number of carbonyl (C=O) groups excluding carboxylic acids is 1. The van der Waals surface area contributed by atoms with Crippen LogP contribution in [-0.2, 0) is 15.2 Å². The fourth-order valence-corrected chi connectivity index (χ4v) is 5.11. The number of piperidine rings is 1. The first kappa shape index (κ1) is 23.3. The number of aromatic nitrogens is 2. The largest absolute Gasteiger partial charge is 0.357 e. The van der Waals surface area contributed by atoms with Crippen molar-refractivity contribution in [1.82, 2.24) is 14.9 Å². The number of hydrogen-bond acceptors (Lipinski definition) is 7. The fraction of sp³-hybridized carbons (Fsp3) is 0.522. The van der Waals surface area contributed by atoms with Crippen LogP contribution in [0.25, 0.3) is 0 Å². The van der Waals surface area contributed by atoms with E-state index in [1.54, 1.807) is 6.07 Å². The number of rotatable bonds is 7. The summed E-state index contributed by atoms with van der Waals surface area (Å²) in [7, 11) is 0. The number of ether oxygens (including phenoxy) is 2. The standard InChI is InChI=1S/C23H29ClN4O3S/c1-3-27(4-2)20-15-19(24)25-22(26-20)32-16-17-5-7-18(8-6-17)21(29)28-11-9-23(10-12-28)30-13-14-31-23/h5-8,15H,3-4,9-14,16H2,1-2H3. The number of thioether (sulfide) groups is 1. The predicted octanol–water partition coefficient (Wildman–Crippen LogP) is 4.25. The number of likely N-dealkylation sites (tertiary alicyclic amines) is 1. The lowest BCUT2D eigenvalue weighted by Crippen LogP contribution is -2.47. The lowest BCUT2D eigenvalue weighted by atomic mass is 10.0. The molecule has 9 heteroatoms. The maximum atomic E-state index is 12.9. The first-order valence-electron chi connectivity index (χ1n) is 11.1. The van der Waals surface area contributed by atoms with Gasteiger partial charge in [0.1, 0.15) is 11.0 Å². The molecular formula is C23H29ClN4O3S. The molecule has 1 spiro atoms. The van der Waals surface area contributed by atoms with Crippen LogP contribution in [0.2, 0.25) is 5.15 Å². The second-order valence-corrected chi connectivity index (χ2v) is 9.22.